The van der Waals surface area contributed by atoms with Crippen LogP contribution in [0.4, 0.5) is 24.7 Å². The lowest BCUT2D eigenvalue weighted by Crippen LogP contribution is -2.40. The van der Waals surface area contributed by atoms with Gasteiger partial charge in [-0.3, -0.25) is 18.7 Å². The zero-order valence-electron chi connectivity index (χ0n) is 21.7. The Kier molecular flexibility index (Phi) is 8.01. The van der Waals surface area contributed by atoms with Crippen LogP contribution in [0.3, 0.4) is 0 Å². The van der Waals surface area contributed by atoms with Gasteiger partial charge in [-0.25, -0.2) is 9.97 Å². The number of nitrogens with one attached hydrogen (secondary N) is 2. The number of carbonyl (C=O) groups is 2. The lowest BCUT2D eigenvalue weighted by Gasteiger charge is -2.27. The van der Waals surface area contributed by atoms with Gasteiger partial charge in [-0.2, -0.15) is 23.5 Å². The van der Waals surface area contributed by atoms with Gasteiger partial charge >= 0.3 is 6.18 Å². The third kappa shape index (κ3) is 5.71. The summed E-state index contributed by atoms with van der Waals surface area (Å²) >= 11 is 6.50. The molecule has 1 aromatic carbocycles. The number of nitrogens with zero attached hydrogens (tertiary/aromatic N) is 6. The van der Waals surface area contributed by atoms with Crippen molar-refractivity contribution < 1.29 is 27.5 Å². The molecule has 3 aromatic heterocycles. The summed E-state index contributed by atoms with van der Waals surface area (Å²) in [7, 11) is 0. The summed E-state index contributed by atoms with van der Waals surface area (Å²) in [4.78, 5) is 32.8. The van der Waals surface area contributed by atoms with E-state index in [4.69, 9.17) is 27.3 Å². The first-order chi connectivity index (χ1) is 20.1. The number of hydrogen-bond donors (Lipinski definition) is 3. The predicted molar refractivity (Wildman–Crippen MR) is 144 cm³/mol. The van der Waals surface area contributed by atoms with Gasteiger partial charge in [0.05, 0.1) is 39.8 Å². The number of nitrogens with two attached hydrogens (primary N) is 1. The summed E-state index contributed by atoms with van der Waals surface area (Å²) in [5.41, 5.74) is 4.87. The molecule has 0 radical (unpaired) electrons. The number of rotatable bonds is 8. The van der Waals surface area contributed by atoms with Crippen molar-refractivity contribution in [3.05, 3.63) is 53.2 Å². The number of nitriles is 1. The van der Waals surface area contributed by atoms with E-state index in [1.165, 1.54) is 35.1 Å². The monoisotopic (exact) mass is 601 g/mol. The van der Waals surface area contributed by atoms with Crippen molar-refractivity contribution in [2.75, 3.05) is 5.32 Å². The van der Waals surface area contributed by atoms with Gasteiger partial charge in [0.1, 0.15) is 6.54 Å². The van der Waals surface area contributed by atoms with Crippen LogP contribution in [0, 0.1) is 11.3 Å². The fourth-order valence-electron chi connectivity index (χ4n) is 4.83. The predicted octanol–water partition coefficient (Wildman–Crippen LogP) is 4.07. The Morgan fingerprint density at radius 2 is 2.02 bits per heavy atom. The van der Waals surface area contributed by atoms with Gasteiger partial charge in [0, 0.05) is 30.7 Å². The maximum atomic E-state index is 13.8. The third-order valence-electron chi connectivity index (χ3n) is 6.83. The first-order valence-corrected chi connectivity index (χ1v) is 13.1. The highest BCUT2D eigenvalue weighted by Gasteiger charge is 2.38. The number of benzene rings is 1. The van der Waals surface area contributed by atoms with Gasteiger partial charge in [-0.1, -0.05) is 11.6 Å². The minimum absolute atomic E-state index is 0.0463. The smallest absolute Gasteiger partial charge is 0.425 e. The number of carbonyl (C=O) groups excluding carboxylic acids is 2. The van der Waals surface area contributed by atoms with E-state index in [1.807, 2.05) is 0 Å². The second kappa shape index (κ2) is 11.7. The second-order valence-electron chi connectivity index (χ2n) is 9.59. The van der Waals surface area contributed by atoms with Gasteiger partial charge in [-0.15, -0.1) is 0 Å². The quantitative estimate of drug-likeness (QED) is 0.252. The Morgan fingerprint density at radius 1 is 1.26 bits per heavy atom. The number of fused-ring (bicyclic) bond motifs is 1. The maximum absolute atomic E-state index is 13.8. The lowest BCUT2D eigenvalue weighted by molar-refractivity contribution is -0.141. The molecule has 0 bridgehead atoms. The van der Waals surface area contributed by atoms with Crippen molar-refractivity contribution in [1.82, 2.24) is 29.5 Å². The number of amides is 1. The van der Waals surface area contributed by atoms with Crippen LogP contribution < -0.4 is 21.1 Å². The molecule has 12 nitrogen and oxygen atoms in total. The standard InChI is InChI=1S/C26H23ClF3N9O3/c27-20-16(25(41)35-15-3-1-14(32)2-4-15)5-6-18(21(20)42-13-40)36-23-24-34-11-19(39(24)10-8-33-23)17-12-38(9-7-31)37-22(17)26(28,29)30/h5-6,8,10-15H,1-4,9,32H2,(H,33,36)(H,35,41). The molecule has 1 aliphatic carbocycles. The molecule has 0 aliphatic heterocycles. The number of anilines is 2. The zero-order chi connectivity index (χ0) is 30.0. The van der Waals surface area contributed by atoms with E-state index in [-0.39, 0.29) is 69.8 Å². The van der Waals surface area contributed by atoms with Gasteiger partial charge in [0.2, 0.25) is 0 Å². The molecule has 4 N–H and O–H groups in total. The molecule has 16 heteroatoms. The number of aromatic nitrogens is 5. The SMILES string of the molecule is N#CCn1cc(-c2cnc3c(Nc4ccc(C(=O)NC5CCC(N)CC5)c(Cl)c4OC=O)nccn23)c(C(F)(F)F)n1. The molecule has 4 aromatic rings. The average molecular weight is 602 g/mol. The van der Waals surface area contributed by atoms with Crippen molar-refractivity contribution in [1.29, 1.82) is 5.26 Å². The van der Waals surface area contributed by atoms with Crippen molar-refractivity contribution in [3.63, 3.8) is 0 Å². The number of imidazole rings is 1. The molecule has 42 heavy (non-hydrogen) atoms. The van der Waals surface area contributed by atoms with Gasteiger partial charge < -0.3 is 21.1 Å². The van der Waals surface area contributed by atoms with Crippen LogP contribution in [0.1, 0.15) is 41.7 Å². The number of alkyl halides is 3. The highest BCUT2D eigenvalue weighted by molar-refractivity contribution is 6.36. The van der Waals surface area contributed by atoms with Crippen LogP contribution in [0.15, 0.2) is 36.9 Å². The number of ether oxygens (including phenoxy) is 1. The fourth-order valence-corrected chi connectivity index (χ4v) is 5.12. The van der Waals surface area contributed by atoms with E-state index in [0.29, 0.717) is 0 Å². The van der Waals surface area contributed by atoms with Gasteiger partial charge in [0.15, 0.2) is 22.9 Å². The lowest BCUT2D eigenvalue weighted by atomic mass is 9.91. The van der Waals surface area contributed by atoms with Crippen LogP contribution in [0.5, 0.6) is 5.75 Å². The Hall–Kier alpha value is -4.68. The minimum atomic E-state index is -4.79. The molecular weight excluding hydrogens is 579 g/mol. The molecule has 1 fully saturated rings. The summed E-state index contributed by atoms with van der Waals surface area (Å²) < 4.78 is 48.6. The minimum Gasteiger partial charge on any atom is -0.425 e. The summed E-state index contributed by atoms with van der Waals surface area (Å²) in [5.74, 6) is -0.514. The molecule has 1 saturated carbocycles. The molecule has 0 saturated heterocycles. The molecule has 218 valence electrons. The van der Waals surface area contributed by atoms with E-state index in [9.17, 15) is 22.8 Å². The van der Waals surface area contributed by atoms with E-state index in [1.54, 1.807) is 6.07 Å². The Bertz CT molecular complexity index is 1690. The largest absolute Gasteiger partial charge is 0.435 e. The van der Waals surface area contributed by atoms with Gasteiger partial charge in [0.25, 0.3) is 12.4 Å². The van der Waals surface area contributed by atoms with Gasteiger partial charge in [-0.05, 0) is 37.8 Å². The van der Waals surface area contributed by atoms with Crippen LogP contribution in [0.25, 0.3) is 16.9 Å². The van der Waals surface area contributed by atoms with E-state index < -0.39 is 17.8 Å². The van der Waals surface area contributed by atoms with E-state index >= 15 is 0 Å². The third-order valence-corrected chi connectivity index (χ3v) is 7.21. The van der Waals surface area contributed by atoms with E-state index in [0.717, 1.165) is 36.6 Å². The summed E-state index contributed by atoms with van der Waals surface area (Å²) in [6.45, 7) is -0.229. The van der Waals surface area contributed by atoms with Crippen LogP contribution >= 0.6 is 11.6 Å². The highest BCUT2D eigenvalue weighted by Crippen LogP contribution is 2.39. The van der Waals surface area contributed by atoms with Crippen LogP contribution in [-0.4, -0.2) is 48.6 Å². The van der Waals surface area contributed by atoms with Crippen molar-refractivity contribution >= 4 is 41.1 Å². The Morgan fingerprint density at radius 3 is 2.71 bits per heavy atom. The first-order valence-electron chi connectivity index (χ1n) is 12.7. The first kappa shape index (κ1) is 28.8. The molecule has 5 rings (SSSR count). The topological polar surface area (TPSA) is 165 Å². The second-order valence-corrected chi connectivity index (χ2v) is 9.96. The summed E-state index contributed by atoms with van der Waals surface area (Å²) in [5, 5.41) is 18.2. The molecule has 0 spiro atoms. The van der Waals surface area contributed by atoms with Crippen molar-refractivity contribution in [2.45, 2.75) is 50.5 Å². The molecule has 0 unspecified atom stereocenters. The normalized spacial score (nSPS) is 17.0. The number of hydrogen-bond acceptors (Lipinski definition) is 9. The van der Waals surface area contributed by atoms with Crippen molar-refractivity contribution in [3.8, 4) is 23.1 Å². The average Bonchev–Trinajstić information content (AvgIpc) is 3.57. The van der Waals surface area contributed by atoms with Crippen LogP contribution in [-0.2, 0) is 17.5 Å². The summed E-state index contributed by atoms with van der Waals surface area (Å²) in [6.07, 6.45) is 3.31. The molecular formula is C26H23ClF3N9O3. The molecule has 3 heterocycles. The number of halogens is 4. The zero-order valence-corrected chi connectivity index (χ0v) is 22.5. The fraction of sp³-hybridized carbons (Fsp3) is 0.308. The summed E-state index contributed by atoms with van der Waals surface area (Å²) in [6, 6.07) is 4.71. The highest BCUT2D eigenvalue weighted by atomic mass is 35.5. The van der Waals surface area contributed by atoms with Crippen molar-refractivity contribution in [2.24, 2.45) is 5.73 Å². The maximum Gasteiger partial charge on any atom is 0.435 e. The molecule has 1 aliphatic rings. The van der Waals surface area contributed by atoms with Crippen LogP contribution in [0.2, 0.25) is 5.02 Å². The Balaban J connectivity index is 1.48. The molecule has 1 amide bonds. The molecule has 0 atom stereocenters. The van der Waals surface area contributed by atoms with E-state index in [2.05, 4.69) is 25.7 Å². The Labute approximate surface area is 241 Å².